The van der Waals surface area contributed by atoms with Crippen molar-refractivity contribution in [3.63, 3.8) is 0 Å². The molecule has 4 heteroatoms. The number of guanidine groups is 1. The largest absolute Gasteiger partial charge is 0.376 e. The van der Waals surface area contributed by atoms with Gasteiger partial charge < -0.3 is 15.0 Å². The molecule has 0 aromatic rings. The molecule has 1 saturated heterocycles. The second kappa shape index (κ2) is 7.67. The van der Waals surface area contributed by atoms with Gasteiger partial charge in [0.15, 0.2) is 5.96 Å². The SMILES string of the molecule is CN=C(NCCOC1CCCCCC1)N1CCC2(CCC2)C1. The summed E-state index contributed by atoms with van der Waals surface area (Å²) < 4.78 is 6.06. The number of nitrogens with one attached hydrogen (secondary N) is 1. The lowest BCUT2D eigenvalue weighted by Crippen LogP contribution is -2.43. The average Bonchev–Trinajstić information content (AvgIpc) is 2.80. The second-order valence-corrected chi connectivity index (χ2v) is 7.48. The summed E-state index contributed by atoms with van der Waals surface area (Å²) in [6.07, 6.45) is 14.1. The molecular weight excluding hydrogens is 274 g/mol. The lowest BCUT2D eigenvalue weighted by Gasteiger charge is -2.38. The predicted octanol–water partition coefficient (Wildman–Crippen LogP) is 3.18. The van der Waals surface area contributed by atoms with Gasteiger partial charge in [0.05, 0.1) is 12.7 Å². The van der Waals surface area contributed by atoms with Gasteiger partial charge in [0, 0.05) is 26.7 Å². The van der Waals surface area contributed by atoms with Crippen LogP contribution in [0.5, 0.6) is 0 Å². The number of hydrogen-bond donors (Lipinski definition) is 1. The minimum Gasteiger partial charge on any atom is -0.376 e. The molecule has 3 fully saturated rings. The molecule has 22 heavy (non-hydrogen) atoms. The normalized spacial score (nSPS) is 26.0. The fourth-order valence-electron chi connectivity index (χ4n) is 4.33. The van der Waals surface area contributed by atoms with E-state index in [4.69, 9.17) is 4.74 Å². The van der Waals surface area contributed by atoms with Gasteiger partial charge in [-0.15, -0.1) is 0 Å². The van der Waals surface area contributed by atoms with E-state index in [9.17, 15) is 0 Å². The van der Waals surface area contributed by atoms with E-state index in [1.165, 1.54) is 77.3 Å². The van der Waals surface area contributed by atoms with Gasteiger partial charge in [0.1, 0.15) is 0 Å². The average molecular weight is 307 g/mol. The van der Waals surface area contributed by atoms with Gasteiger partial charge in [0.2, 0.25) is 0 Å². The first-order valence-electron chi connectivity index (χ1n) is 9.39. The maximum atomic E-state index is 6.06. The van der Waals surface area contributed by atoms with Crippen molar-refractivity contribution in [2.24, 2.45) is 10.4 Å². The van der Waals surface area contributed by atoms with E-state index >= 15 is 0 Å². The molecule has 2 saturated carbocycles. The number of ether oxygens (including phenoxy) is 1. The number of nitrogens with zero attached hydrogens (tertiary/aromatic N) is 2. The van der Waals surface area contributed by atoms with E-state index in [0.29, 0.717) is 11.5 Å². The van der Waals surface area contributed by atoms with Crippen LogP contribution in [0, 0.1) is 5.41 Å². The molecule has 0 unspecified atom stereocenters. The van der Waals surface area contributed by atoms with Crippen LogP contribution in [0.1, 0.15) is 64.2 Å². The molecule has 0 radical (unpaired) electrons. The third-order valence-electron chi connectivity index (χ3n) is 5.90. The maximum absolute atomic E-state index is 6.06. The van der Waals surface area contributed by atoms with E-state index in [0.717, 1.165) is 19.1 Å². The van der Waals surface area contributed by atoms with E-state index in [1.54, 1.807) is 0 Å². The molecule has 1 heterocycles. The Labute approximate surface area is 135 Å². The van der Waals surface area contributed by atoms with Crippen LogP contribution in [0.4, 0.5) is 0 Å². The van der Waals surface area contributed by atoms with Crippen molar-refractivity contribution in [3.8, 4) is 0 Å². The van der Waals surface area contributed by atoms with Crippen molar-refractivity contribution in [1.82, 2.24) is 10.2 Å². The summed E-state index contributed by atoms with van der Waals surface area (Å²) in [5.74, 6) is 1.08. The van der Waals surface area contributed by atoms with Gasteiger partial charge in [-0.05, 0) is 37.5 Å². The van der Waals surface area contributed by atoms with Crippen molar-refractivity contribution >= 4 is 5.96 Å². The molecule has 0 aromatic carbocycles. The Morgan fingerprint density at radius 2 is 1.91 bits per heavy atom. The van der Waals surface area contributed by atoms with Crippen molar-refractivity contribution < 1.29 is 4.74 Å². The van der Waals surface area contributed by atoms with Gasteiger partial charge >= 0.3 is 0 Å². The Morgan fingerprint density at radius 3 is 2.50 bits per heavy atom. The van der Waals surface area contributed by atoms with Gasteiger partial charge in [-0.3, -0.25) is 4.99 Å². The first kappa shape index (κ1) is 16.1. The van der Waals surface area contributed by atoms with Crippen LogP contribution in [0.25, 0.3) is 0 Å². The highest BCUT2D eigenvalue weighted by Gasteiger charge is 2.43. The van der Waals surface area contributed by atoms with Gasteiger partial charge in [-0.2, -0.15) is 0 Å². The van der Waals surface area contributed by atoms with Crippen molar-refractivity contribution in [1.29, 1.82) is 0 Å². The van der Waals surface area contributed by atoms with Crippen LogP contribution >= 0.6 is 0 Å². The number of rotatable bonds is 4. The van der Waals surface area contributed by atoms with Crippen LogP contribution in [0.2, 0.25) is 0 Å². The zero-order valence-corrected chi connectivity index (χ0v) is 14.3. The predicted molar refractivity (Wildman–Crippen MR) is 91.3 cm³/mol. The van der Waals surface area contributed by atoms with Crippen LogP contribution < -0.4 is 5.32 Å². The first-order valence-corrected chi connectivity index (χ1v) is 9.39. The first-order chi connectivity index (χ1) is 10.8. The monoisotopic (exact) mass is 307 g/mol. The molecule has 4 nitrogen and oxygen atoms in total. The molecule has 2 aliphatic carbocycles. The Hall–Kier alpha value is -0.770. The Bertz CT molecular complexity index is 371. The van der Waals surface area contributed by atoms with Gasteiger partial charge in [0.25, 0.3) is 0 Å². The van der Waals surface area contributed by atoms with Crippen LogP contribution in [0.3, 0.4) is 0 Å². The summed E-state index contributed by atoms with van der Waals surface area (Å²) in [7, 11) is 1.90. The van der Waals surface area contributed by atoms with Crippen LogP contribution in [0.15, 0.2) is 4.99 Å². The zero-order valence-electron chi connectivity index (χ0n) is 14.3. The minimum absolute atomic E-state index is 0.497. The zero-order chi connectivity index (χ0) is 15.3. The Morgan fingerprint density at radius 1 is 1.14 bits per heavy atom. The molecule has 3 aliphatic rings. The summed E-state index contributed by atoms with van der Waals surface area (Å²) in [6.45, 7) is 4.06. The summed E-state index contributed by atoms with van der Waals surface area (Å²) in [5.41, 5.74) is 0.633. The molecule has 0 aromatic heterocycles. The fraction of sp³-hybridized carbons (Fsp3) is 0.944. The third kappa shape index (κ3) is 3.95. The molecule has 1 N–H and O–H groups in total. The molecule has 3 rings (SSSR count). The molecule has 126 valence electrons. The fourth-order valence-corrected chi connectivity index (χ4v) is 4.33. The second-order valence-electron chi connectivity index (χ2n) is 7.48. The summed E-state index contributed by atoms with van der Waals surface area (Å²) in [6, 6.07) is 0. The van der Waals surface area contributed by atoms with E-state index < -0.39 is 0 Å². The maximum Gasteiger partial charge on any atom is 0.193 e. The van der Waals surface area contributed by atoms with Crippen molar-refractivity contribution in [2.45, 2.75) is 70.3 Å². The molecule has 0 amide bonds. The molecule has 0 bridgehead atoms. The van der Waals surface area contributed by atoms with E-state index in [1.807, 2.05) is 7.05 Å². The van der Waals surface area contributed by atoms with E-state index in [-0.39, 0.29) is 0 Å². The quantitative estimate of drug-likeness (QED) is 0.375. The van der Waals surface area contributed by atoms with Crippen LogP contribution in [-0.2, 0) is 4.74 Å². The van der Waals surface area contributed by atoms with Gasteiger partial charge in [-0.25, -0.2) is 0 Å². The highest BCUT2D eigenvalue weighted by Crippen LogP contribution is 2.47. The minimum atomic E-state index is 0.497. The molecular formula is C18H33N3O. The van der Waals surface area contributed by atoms with Crippen molar-refractivity contribution in [2.75, 3.05) is 33.3 Å². The standard InChI is InChI=1S/C18H33N3O/c1-19-17(21-13-11-18(15-21)9-6-10-18)20-12-14-22-16-7-4-2-3-5-8-16/h16H,2-15H2,1H3,(H,19,20). The topological polar surface area (TPSA) is 36.9 Å². The Kier molecular flexibility index (Phi) is 5.61. The van der Waals surface area contributed by atoms with E-state index in [2.05, 4.69) is 15.2 Å². The highest BCUT2D eigenvalue weighted by atomic mass is 16.5. The summed E-state index contributed by atoms with van der Waals surface area (Å²) >= 11 is 0. The molecule has 1 spiro atoms. The smallest absolute Gasteiger partial charge is 0.193 e. The van der Waals surface area contributed by atoms with Crippen molar-refractivity contribution in [3.05, 3.63) is 0 Å². The highest BCUT2D eigenvalue weighted by molar-refractivity contribution is 5.80. The lowest BCUT2D eigenvalue weighted by molar-refractivity contribution is 0.0465. The third-order valence-corrected chi connectivity index (χ3v) is 5.90. The summed E-state index contributed by atoms with van der Waals surface area (Å²) in [4.78, 5) is 6.92. The van der Waals surface area contributed by atoms with Crippen LogP contribution in [-0.4, -0.2) is 50.3 Å². The Balaban J connectivity index is 1.35. The lowest BCUT2D eigenvalue weighted by atomic mass is 9.68. The molecule has 0 atom stereocenters. The number of likely N-dealkylation sites (tertiary alicyclic amines) is 1. The van der Waals surface area contributed by atoms with Gasteiger partial charge in [-0.1, -0.05) is 32.1 Å². The molecule has 1 aliphatic heterocycles. The number of aliphatic imine (C=N–C) groups is 1. The number of hydrogen-bond acceptors (Lipinski definition) is 2. The summed E-state index contributed by atoms with van der Waals surface area (Å²) in [5, 5.41) is 3.50.